The first-order valence-corrected chi connectivity index (χ1v) is 9.94. The van der Waals surface area contributed by atoms with Crippen molar-refractivity contribution in [2.24, 2.45) is 0 Å². The zero-order valence-electron chi connectivity index (χ0n) is 13.0. The molecule has 4 rings (SSSR count). The van der Waals surface area contributed by atoms with Gasteiger partial charge in [-0.15, -0.1) is 11.8 Å². The van der Waals surface area contributed by atoms with Crippen LogP contribution in [0.2, 0.25) is 0 Å². The van der Waals surface area contributed by atoms with E-state index in [-0.39, 0.29) is 17.9 Å². The molecular weight excluding hydrogens is 370 g/mol. The standard InChI is InChI=1S/C19H18BrNOS/c1-23-14-7-4-12(5-8-14)18-16-11-13(20)6-9-15(16)17-3-2-10-21(17)19(18)22/h4-9,11,17-18H,2-3,10H2,1H3/t17-,18+/m1/s1. The Morgan fingerprint density at radius 1 is 1.13 bits per heavy atom. The van der Waals surface area contributed by atoms with Crippen molar-refractivity contribution >= 4 is 33.6 Å². The number of amides is 1. The Morgan fingerprint density at radius 2 is 1.91 bits per heavy atom. The highest BCUT2D eigenvalue weighted by molar-refractivity contribution is 9.10. The molecule has 1 fully saturated rings. The minimum atomic E-state index is -0.173. The molecule has 1 saturated heterocycles. The topological polar surface area (TPSA) is 20.3 Å². The average molecular weight is 388 g/mol. The van der Waals surface area contributed by atoms with Crippen LogP contribution < -0.4 is 0 Å². The highest BCUT2D eigenvalue weighted by atomic mass is 79.9. The highest BCUT2D eigenvalue weighted by Crippen LogP contribution is 2.45. The summed E-state index contributed by atoms with van der Waals surface area (Å²) in [4.78, 5) is 16.5. The zero-order chi connectivity index (χ0) is 16.0. The van der Waals surface area contributed by atoms with Crippen molar-refractivity contribution in [3.8, 4) is 0 Å². The van der Waals surface area contributed by atoms with E-state index in [1.165, 1.54) is 16.0 Å². The summed E-state index contributed by atoms with van der Waals surface area (Å²) in [5.41, 5.74) is 3.59. The lowest BCUT2D eigenvalue weighted by Crippen LogP contribution is -2.40. The van der Waals surface area contributed by atoms with Crippen LogP contribution in [0.25, 0.3) is 0 Å². The summed E-state index contributed by atoms with van der Waals surface area (Å²) >= 11 is 5.30. The molecule has 2 atom stereocenters. The van der Waals surface area contributed by atoms with E-state index in [1.54, 1.807) is 11.8 Å². The summed E-state index contributed by atoms with van der Waals surface area (Å²) in [5, 5.41) is 0. The molecule has 4 heteroatoms. The monoisotopic (exact) mass is 387 g/mol. The van der Waals surface area contributed by atoms with Crippen LogP contribution in [0.4, 0.5) is 0 Å². The molecule has 0 aromatic heterocycles. The van der Waals surface area contributed by atoms with E-state index in [0.29, 0.717) is 0 Å². The van der Waals surface area contributed by atoms with Crippen molar-refractivity contribution in [2.45, 2.75) is 29.7 Å². The summed E-state index contributed by atoms with van der Waals surface area (Å²) in [6, 6.07) is 15.1. The normalized spacial score (nSPS) is 22.9. The van der Waals surface area contributed by atoms with Gasteiger partial charge < -0.3 is 4.90 Å². The number of nitrogens with zero attached hydrogens (tertiary/aromatic N) is 1. The molecule has 2 aliphatic rings. The van der Waals surface area contributed by atoms with Crippen LogP contribution >= 0.6 is 27.7 Å². The molecule has 23 heavy (non-hydrogen) atoms. The average Bonchev–Trinajstić information content (AvgIpc) is 3.05. The van der Waals surface area contributed by atoms with Crippen molar-refractivity contribution in [3.05, 3.63) is 63.6 Å². The Bertz CT molecular complexity index is 758. The summed E-state index contributed by atoms with van der Waals surface area (Å²) < 4.78 is 1.04. The zero-order valence-corrected chi connectivity index (χ0v) is 15.4. The van der Waals surface area contributed by atoms with Crippen LogP contribution in [0.1, 0.15) is 41.5 Å². The molecule has 2 aromatic rings. The van der Waals surface area contributed by atoms with Crippen LogP contribution in [0, 0.1) is 0 Å². The van der Waals surface area contributed by atoms with Gasteiger partial charge in [0.1, 0.15) is 0 Å². The maximum absolute atomic E-state index is 13.1. The molecule has 2 aliphatic heterocycles. The lowest BCUT2D eigenvalue weighted by Gasteiger charge is -2.37. The number of carbonyl (C=O) groups is 1. The Hall–Kier alpha value is -1.26. The van der Waals surface area contributed by atoms with E-state index in [2.05, 4.69) is 69.6 Å². The molecule has 0 bridgehead atoms. The second-order valence-corrected chi connectivity index (χ2v) is 7.96. The predicted octanol–water partition coefficient (Wildman–Crippen LogP) is 4.98. The summed E-state index contributed by atoms with van der Waals surface area (Å²) in [6.07, 6.45) is 4.25. The highest BCUT2D eigenvalue weighted by Gasteiger charge is 2.42. The third kappa shape index (κ3) is 2.52. The van der Waals surface area contributed by atoms with Crippen LogP contribution in [0.3, 0.4) is 0 Å². The lowest BCUT2D eigenvalue weighted by molar-refractivity contribution is -0.133. The molecule has 2 heterocycles. The number of thioether (sulfide) groups is 1. The minimum Gasteiger partial charge on any atom is -0.335 e. The maximum atomic E-state index is 13.1. The van der Waals surface area contributed by atoms with E-state index >= 15 is 0 Å². The van der Waals surface area contributed by atoms with Gasteiger partial charge in [-0.1, -0.05) is 34.1 Å². The minimum absolute atomic E-state index is 0.173. The first kappa shape index (κ1) is 15.3. The van der Waals surface area contributed by atoms with Crippen molar-refractivity contribution in [1.82, 2.24) is 4.90 Å². The first-order chi connectivity index (χ1) is 11.2. The van der Waals surface area contributed by atoms with Gasteiger partial charge in [-0.25, -0.2) is 0 Å². The number of hydrogen-bond acceptors (Lipinski definition) is 2. The molecule has 0 saturated carbocycles. The summed E-state index contributed by atoms with van der Waals surface area (Å²) in [6.45, 7) is 0.887. The van der Waals surface area contributed by atoms with Crippen LogP contribution in [0.5, 0.6) is 0 Å². The smallest absolute Gasteiger partial charge is 0.235 e. The van der Waals surface area contributed by atoms with Gasteiger partial charge in [0.2, 0.25) is 5.91 Å². The fourth-order valence-electron chi connectivity index (χ4n) is 3.87. The van der Waals surface area contributed by atoms with Gasteiger partial charge >= 0.3 is 0 Å². The second kappa shape index (κ2) is 5.99. The van der Waals surface area contributed by atoms with Crippen LogP contribution in [-0.4, -0.2) is 23.6 Å². The molecule has 0 spiro atoms. The SMILES string of the molecule is CSc1ccc([C@@H]2C(=O)N3CCC[C@@H]3c3ccc(Br)cc32)cc1. The maximum Gasteiger partial charge on any atom is 0.235 e. The fraction of sp³-hybridized carbons (Fsp3) is 0.316. The molecule has 0 aliphatic carbocycles. The van der Waals surface area contributed by atoms with Gasteiger partial charge in [-0.05, 0) is 60.1 Å². The van der Waals surface area contributed by atoms with Crippen molar-refractivity contribution in [3.63, 3.8) is 0 Å². The van der Waals surface area contributed by atoms with Crippen LogP contribution in [-0.2, 0) is 4.79 Å². The number of rotatable bonds is 2. The third-order valence-electron chi connectivity index (χ3n) is 4.95. The molecule has 118 valence electrons. The molecule has 2 nitrogen and oxygen atoms in total. The Labute approximate surface area is 149 Å². The molecule has 1 amide bonds. The van der Waals surface area contributed by atoms with Gasteiger partial charge in [0.05, 0.1) is 12.0 Å². The quantitative estimate of drug-likeness (QED) is 0.677. The van der Waals surface area contributed by atoms with Crippen LogP contribution in [0.15, 0.2) is 51.8 Å². The molecule has 2 aromatic carbocycles. The van der Waals surface area contributed by atoms with E-state index < -0.39 is 0 Å². The van der Waals surface area contributed by atoms with Crippen molar-refractivity contribution in [2.75, 3.05) is 12.8 Å². The molecule has 0 radical (unpaired) electrons. The van der Waals surface area contributed by atoms with Gasteiger partial charge in [0.25, 0.3) is 0 Å². The Morgan fingerprint density at radius 3 is 2.65 bits per heavy atom. The Balaban J connectivity index is 1.86. The van der Waals surface area contributed by atoms with Crippen molar-refractivity contribution in [1.29, 1.82) is 0 Å². The number of halogens is 1. The van der Waals surface area contributed by atoms with E-state index in [0.717, 1.165) is 29.4 Å². The second-order valence-electron chi connectivity index (χ2n) is 6.17. The number of carbonyl (C=O) groups excluding carboxylic acids is 1. The predicted molar refractivity (Wildman–Crippen MR) is 97.9 cm³/mol. The van der Waals surface area contributed by atoms with E-state index in [4.69, 9.17) is 0 Å². The number of fused-ring (bicyclic) bond motifs is 3. The van der Waals surface area contributed by atoms with Gasteiger partial charge in [-0.3, -0.25) is 4.79 Å². The third-order valence-corrected chi connectivity index (χ3v) is 6.19. The largest absolute Gasteiger partial charge is 0.335 e. The first-order valence-electron chi connectivity index (χ1n) is 7.93. The number of benzene rings is 2. The van der Waals surface area contributed by atoms with Gasteiger partial charge in [-0.2, -0.15) is 0 Å². The van der Waals surface area contributed by atoms with Crippen molar-refractivity contribution < 1.29 is 4.79 Å². The summed E-state index contributed by atoms with van der Waals surface area (Å²) in [7, 11) is 0. The molecular formula is C19H18BrNOS. The summed E-state index contributed by atoms with van der Waals surface area (Å²) in [5.74, 6) is 0.0859. The molecule has 0 unspecified atom stereocenters. The van der Waals surface area contributed by atoms with Gasteiger partial charge in [0.15, 0.2) is 0 Å². The van der Waals surface area contributed by atoms with E-state index in [9.17, 15) is 4.79 Å². The fourth-order valence-corrected chi connectivity index (χ4v) is 4.66. The Kier molecular flexibility index (Phi) is 3.98. The lowest BCUT2D eigenvalue weighted by atomic mass is 9.81. The van der Waals surface area contributed by atoms with E-state index in [1.807, 2.05) is 0 Å². The number of hydrogen-bond donors (Lipinski definition) is 0. The van der Waals surface area contributed by atoms with Gasteiger partial charge in [0, 0.05) is 15.9 Å². The molecule has 0 N–H and O–H groups in total.